The van der Waals surface area contributed by atoms with E-state index in [1.54, 1.807) is 11.8 Å². The Labute approximate surface area is 98.9 Å². The van der Waals surface area contributed by atoms with E-state index in [2.05, 4.69) is 5.32 Å². The van der Waals surface area contributed by atoms with E-state index in [0.29, 0.717) is 5.75 Å². The average molecular weight is 235 g/mol. The van der Waals surface area contributed by atoms with E-state index in [1.807, 2.05) is 42.7 Å². The number of amides is 1. The van der Waals surface area contributed by atoms with Crippen LogP contribution in [0.5, 0.6) is 0 Å². The highest BCUT2D eigenvalue weighted by molar-refractivity contribution is 8.02. The summed E-state index contributed by atoms with van der Waals surface area (Å²) in [5.74, 6) is 1.37. The molecule has 1 aromatic rings. The number of hydrogen-bond acceptors (Lipinski definition) is 3. The van der Waals surface area contributed by atoms with E-state index in [-0.39, 0.29) is 5.91 Å². The summed E-state index contributed by atoms with van der Waals surface area (Å²) >= 11 is 1.60. The molecule has 1 amide bonds. The Balaban J connectivity index is 1.96. The minimum atomic E-state index is -0.393. The van der Waals surface area contributed by atoms with Crippen molar-refractivity contribution in [2.75, 3.05) is 11.1 Å². The molecule has 0 aliphatic carbocycles. The average Bonchev–Trinajstić information content (AvgIpc) is 2.30. The number of carbonyl (C=O) groups excluding carboxylic acids is 1. The number of rotatable bonds is 2. The van der Waals surface area contributed by atoms with Gasteiger partial charge in [0.25, 0.3) is 5.91 Å². The Morgan fingerprint density at radius 3 is 2.88 bits per heavy atom. The van der Waals surface area contributed by atoms with E-state index in [1.165, 1.54) is 0 Å². The van der Waals surface area contributed by atoms with Crippen molar-refractivity contribution in [2.45, 2.75) is 13.0 Å². The Bertz CT molecular complexity index is 403. The van der Waals surface area contributed by atoms with Crippen molar-refractivity contribution in [3.8, 4) is 0 Å². The van der Waals surface area contributed by atoms with Gasteiger partial charge in [-0.2, -0.15) is 0 Å². The minimum absolute atomic E-state index is 0.0915. The first-order valence-corrected chi connectivity index (χ1v) is 6.11. The molecule has 0 saturated carbocycles. The molecule has 2 rings (SSSR count). The van der Waals surface area contributed by atoms with Crippen LogP contribution in [0.15, 0.2) is 41.5 Å². The monoisotopic (exact) mass is 235 g/mol. The fraction of sp³-hybridized carbons (Fsp3) is 0.250. The smallest absolute Gasteiger partial charge is 0.266 e. The molecule has 1 aliphatic rings. The van der Waals surface area contributed by atoms with E-state index in [4.69, 9.17) is 4.74 Å². The molecule has 1 atom stereocenters. The van der Waals surface area contributed by atoms with Crippen LogP contribution < -0.4 is 5.32 Å². The number of allylic oxidation sites excluding steroid dienone is 1. The summed E-state index contributed by atoms with van der Waals surface area (Å²) in [6.07, 6.45) is -0.393. The molecule has 0 fully saturated rings. The maximum absolute atomic E-state index is 11.8. The van der Waals surface area contributed by atoms with Crippen molar-refractivity contribution >= 4 is 23.4 Å². The lowest BCUT2D eigenvalue weighted by Gasteiger charge is -2.21. The number of anilines is 1. The number of hydrogen-bond donors (Lipinski definition) is 1. The standard InChI is InChI=1S/C12H13NO2S/c1-9-7-16-8-11(15-9)12(14)13-10-5-3-2-4-6-10/h2-7,11H,8H2,1H3,(H,13,14). The van der Waals surface area contributed by atoms with Crippen LogP contribution in [0.2, 0.25) is 0 Å². The van der Waals surface area contributed by atoms with Crippen LogP contribution in [0.1, 0.15) is 6.92 Å². The summed E-state index contributed by atoms with van der Waals surface area (Å²) in [4.78, 5) is 11.8. The van der Waals surface area contributed by atoms with Crippen molar-refractivity contribution in [1.29, 1.82) is 0 Å². The maximum Gasteiger partial charge on any atom is 0.266 e. The zero-order valence-electron chi connectivity index (χ0n) is 8.97. The molecule has 0 radical (unpaired) electrons. The highest BCUT2D eigenvalue weighted by atomic mass is 32.2. The van der Waals surface area contributed by atoms with Gasteiger partial charge in [0.15, 0.2) is 6.10 Å². The van der Waals surface area contributed by atoms with Crippen molar-refractivity contribution in [3.63, 3.8) is 0 Å². The predicted octanol–water partition coefficient (Wildman–Crippen LogP) is 2.62. The van der Waals surface area contributed by atoms with Crippen molar-refractivity contribution in [3.05, 3.63) is 41.5 Å². The van der Waals surface area contributed by atoms with Gasteiger partial charge in [-0.05, 0) is 19.1 Å². The summed E-state index contributed by atoms with van der Waals surface area (Å²) in [6.45, 7) is 1.86. The number of benzene rings is 1. The first-order chi connectivity index (χ1) is 7.75. The molecular weight excluding hydrogens is 222 g/mol. The van der Waals surface area contributed by atoms with Crippen LogP contribution in [-0.2, 0) is 9.53 Å². The number of carbonyl (C=O) groups is 1. The van der Waals surface area contributed by atoms with Crippen LogP contribution >= 0.6 is 11.8 Å². The van der Waals surface area contributed by atoms with Gasteiger partial charge in [-0.15, -0.1) is 11.8 Å². The number of nitrogens with one attached hydrogen (secondary N) is 1. The fourth-order valence-electron chi connectivity index (χ4n) is 1.41. The van der Waals surface area contributed by atoms with Gasteiger partial charge in [0.1, 0.15) is 5.76 Å². The van der Waals surface area contributed by atoms with Gasteiger partial charge >= 0.3 is 0 Å². The first-order valence-electron chi connectivity index (χ1n) is 5.06. The predicted molar refractivity (Wildman–Crippen MR) is 66.2 cm³/mol. The van der Waals surface area contributed by atoms with Gasteiger partial charge in [0, 0.05) is 16.8 Å². The van der Waals surface area contributed by atoms with Crippen LogP contribution in [0.4, 0.5) is 5.69 Å². The van der Waals surface area contributed by atoms with Gasteiger partial charge in [-0.1, -0.05) is 18.2 Å². The molecule has 0 spiro atoms. The quantitative estimate of drug-likeness (QED) is 0.856. The van der Waals surface area contributed by atoms with Crippen molar-refractivity contribution < 1.29 is 9.53 Å². The lowest BCUT2D eigenvalue weighted by atomic mass is 10.3. The van der Waals surface area contributed by atoms with Crippen LogP contribution in [0, 0.1) is 0 Å². The molecule has 1 aliphatic heterocycles. The third kappa shape index (κ3) is 2.79. The largest absolute Gasteiger partial charge is 0.484 e. The normalized spacial score (nSPS) is 19.6. The highest BCUT2D eigenvalue weighted by Crippen LogP contribution is 2.20. The molecule has 0 aromatic heterocycles. The Kier molecular flexibility index (Phi) is 3.51. The summed E-state index contributed by atoms with van der Waals surface area (Å²) in [5, 5.41) is 4.75. The lowest BCUT2D eigenvalue weighted by Crippen LogP contribution is -2.33. The van der Waals surface area contributed by atoms with E-state index in [0.717, 1.165) is 11.4 Å². The highest BCUT2D eigenvalue weighted by Gasteiger charge is 2.22. The molecule has 3 nitrogen and oxygen atoms in total. The summed E-state index contributed by atoms with van der Waals surface area (Å²) in [5.41, 5.74) is 0.799. The lowest BCUT2D eigenvalue weighted by molar-refractivity contribution is -0.124. The zero-order chi connectivity index (χ0) is 11.4. The van der Waals surface area contributed by atoms with Crippen LogP contribution in [0.3, 0.4) is 0 Å². The van der Waals surface area contributed by atoms with E-state index < -0.39 is 6.10 Å². The SMILES string of the molecule is CC1=CSCC(C(=O)Nc2ccccc2)O1. The molecule has 1 aromatic carbocycles. The van der Waals surface area contributed by atoms with Gasteiger partial charge in [-0.25, -0.2) is 0 Å². The number of thioether (sulfide) groups is 1. The number of ether oxygens (including phenoxy) is 1. The Morgan fingerprint density at radius 2 is 2.19 bits per heavy atom. The molecule has 0 saturated heterocycles. The summed E-state index contributed by atoms with van der Waals surface area (Å²) in [7, 11) is 0. The van der Waals surface area contributed by atoms with Crippen LogP contribution in [0.25, 0.3) is 0 Å². The minimum Gasteiger partial charge on any atom is -0.484 e. The third-order valence-corrected chi connectivity index (χ3v) is 3.15. The molecular formula is C12H13NO2S. The molecule has 4 heteroatoms. The molecule has 0 bridgehead atoms. The van der Waals surface area contributed by atoms with E-state index in [9.17, 15) is 4.79 Å². The molecule has 16 heavy (non-hydrogen) atoms. The van der Waals surface area contributed by atoms with Gasteiger partial charge < -0.3 is 10.1 Å². The second-order valence-electron chi connectivity index (χ2n) is 3.52. The zero-order valence-corrected chi connectivity index (χ0v) is 9.79. The maximum atomic E-state index is 11.8. The molecule has 1 N–H and O–H groups in total. The van der Waals surface area contributed by atoms with Gasteiger partial charge in [0.05, 0.1) is 0 Å². The molecule has 84 valence electrons. The second-order valence-corrected chi connectivity index (χ2v) is 4.43. The number of para-hydroxylation sites is 1. The van der Waals surface area contributed by atoms with Gasteiger partial charge in [0.2, 0.25) is 0 Å². The van der Waals surface area contributed by atoms with Crippen LogP contribution in [-0.4, -0.2) is 17.8 Å². The topological polar surface area (TPSA) is 38.3 Å². The Morgan fingerprint density at radius 1 is 1.44 bits per heavy atom. The second kappa shape index (κ2) is 5.07. The van der Waals surface area contributed by atoms with E-state index >= 15 is 0 Å². The summed E-state index contributed by atoms with van der Waals surface area (Å²) in [6, 6.07) is 9.40. The fourth-order valence-corrected chi connectivity index (χ4v) is 2.19. The van der Waals surface area contributed by atoms with Crippen molar-refractivity contribution in [1.82, 2.24) is 0 Å². The molecule has 1 unspecified atom stereocenters. The first kappa shape index (κ1) is 11.1. The Hall–Kier alpha value is -1.42. The van der Waals surface area contributed by atoms with Crippen molar-refractivity contribution in [2.24, 2.45) is 0 Å². The summed E-state index contributed by atoms with van der Waals surface area (Å²) < 4.78 is 5.45. The van der Waals surface area contributed by atoms with Gasteiger partial charge in [-0.3, -0.25) is 4.79 Å². The molecule has 1 heterocycles. The third-order valence-electron chi connectivity index (χ3n) is 2.16.